The van der Waals surface area contributed by atoms with E-state index in [9.17, 15) is 4.79 Å². The second kappa shape index (κ2) is 4.62. The number of nitrogens with zero attached hydrogens (tertiary/aromatic N) is 2. The van der Waals surface area contributed by atoms with E-state index in [0.29, 0.717) is 12.1 Å². The third-order valence-electron chi connectivity index (χ3n) is 5.05. The van der Waals surface area contributed by atoms with Crippen LogP contribution in [0.25, 0.3) is 10.9 Å². The highest BCUT2D eigenvalue weighted by molar-refractivity contribution is 6.07. The van der Waals surface area contributed by atoms with Gasteiger partial charge in [-0.05, 0) is 44.6 Å². The largest absolute Gasteiger partial charge is 0.350 e. The molecule has 2 saturated carbocycles. The van der Waals surface area contributed by atoms with E-state index in [2.05, 4.69) is 28.5 Å². The van der Waals surface area contributed by atoms with Gasteiger partial charge >= 0.3 is 0 Å². The molecule has 4 rings (SSSR count). The van der Waals surface area contributed by atoms with Crippen molar-refractivity contribution in [1.29, 1.82) is 0 Å². The summed E-state index contributed by atoms with van der Waals surface area (Å²) in [4.78, 5) is 15.3. The van der Waals surface area contributed by atoms with E-state index in [1.165, 1.54) is 25.7 Å². The van der Waals surface area contributed by atoms with Crippen LogP contribution in [0.5, 0.6) is 0 Å². The Morgan fingerprint density at radius 3 is 2.62 bits per heavy atom. The molecule has 2 aliphatic rings. The van der Waals surface area contributed by atoms with Crippen molar-refractivity contribution in [2.24, 2.45) is 13.0 Å². The molecule has 3 heteroatoms. The molecule has 2 fully saturated rings. The number of aromatic nitrogens is 1. The van der Waals surface area contributed by atoms with E-state index >= 15 is 0 Å². The molecule has 110 valence electrons. The molecule has 2 aliphatic carbocycles. The van der Waals surface area contributed by atoms with Crippen molar-refractivity contribution >= 4 is 16.8 Å². The minimum atomic E-state index is 0.230. The van der Waals surface area contributed by atoms with Crippen LogP contribution >= 0.6 is 0 Å². The Labute approximate surface area is 125 Å². The quantitative estimate of drug-likeness (QED) is 0.841. The molecule has 0 radical (unpaired) electrons. The van der Waals surface area contributed by atoms with Gasteiger partial charge in [-0.25, -0.2) is 0 Å². The molecule has 0 saturated heterocycles. The van der Waals surface area contributed by atoms with Crippen LogP contribution in [0.4, 0.5) is 0 Å². The number of hydrogen-bond donors (Lipinski definition) is 0. The first-order valence-electron chi connectivity index (χ1n) is 8.03. The predicted molar refractivity (Wildman–Crippen MR) is 84.3 cm³/mol. The minimum absolute atomic E-state index is 0.230. The first-order chi connectivity index (χ1) is 10.2. The van der Waals surface area contributed by atoms with Gasteiger partial charge in [-0.15, -0.1) is 0 Å². The third kappa shape index (κ3) is 2.15. The Hall–Kier alpha value is -1.77. The lowest BCUT2D eigenvalue weighted by molar-refractivity contribution is 0.0656. The summed E-state index contributed by atoms with van der Waals surface area (Å²) in [6, 6.07) is 9.07. The fourth-order valence-electron chi connectivity index (χ4n) is 3.49. The SMILES string of the molecule is C[C@H](C1CC1)N(C(=O)c1cn(C)c2ccccc12)C1CC1. The smallest absolute Gasteiger partial charge is 0.256 e. The van der Waals surface area contributed by atoms with Gasteiger partial charge in [-0.1, -0.05) is 18.2 Å². The lowest BCUT2D eigenvalue weighted by Gasteiger charge is -2.29. The first-order valence-corrected chi connectivity index (χ1v) is 8.03. The summed E-state index contributed by atoms with van der Waals surface area (Å²) in [5.74, 6) is 0.957. The van der Waals surface area contributed by atoms with E-state index in [0.717, 1.165) is 22.4 Å². The van der Waals surface area contributed by atoms with Gasteiger partial charge in [0.05, 0.1) is 5.56 Å². The average molecular weight is 282 g/mol. The number of amides is 1. The van der Waals surface area contributed by atoms with E-state index in [-0.39, 0.29) is 5.91 Å². The average Bonchev–Trinajstić information content (AvgIpc) is 3.37. The lowest BCUT2D eigenvalue weighted by Crippen LogP contribution is -2.41. The molecule has 1 heterocycles. The van der Waals surface area contributed by atoms with Gasteiger partial charge in [0, 0.05) is 36.2 Å². The molecule has 0 unspecified atom stereocenters. The van der Waals surface area contributed by atoms with Crippen LogP contribution < -0.4 is 0 Å². The van der Waals surface area contributed by atoms with E-state index in [1.807, 2.05) is 25.4 Å². The number of para-hydroxylation sites is 1. The van der Waals surface area contributed by atoms with Crippen LogP contribution in [0.15, 0.2) is 30.5 Å². The molecule has 0 N–H and O–H groups in total. The number of rotatable bonds is 4. The molecule has 3 nitrogen and oxygen atoms in total. The zero-order chi connectivity index (χ0) is 14.6. The van der Waals surface area contributed by atoms with Gasteiger partial charge < -0.3 is 9.47 Å². The normalized spacial score (nSPS) is 19.7. The summed E-state index contributed by atoms with van der Waals surface area (Å²) in [6.07, 6.45) is 6.92. The van der Waals surface area contributed by atoms with Crippen molar-refractivity contribution in [1.82, 2.24) is 9.47 Å². The summed E-state index contributed by atoms with van der Waals surface area (Å²) in [6.45, 7) is 2.24. The zero-order valence-electron chi connectivity index (χ0n) is 12.7. The van der Waals surface area contributed by atoms with Crippen molar-refractivity contribution < 1.29 is 4.79 Å². The van der Waals surface area contributed by atoms with Crippen molar-refractivity contribution in [3.63, 3.8) is 0 Å². The Balaban J connectivity index is 1.74. The summed E-state index contributed by atoms with van der Waals surface area (Å²) < 4.78 is 2.06. The second-order valence-corrected chi connectivity index (χ2v) is 6.69. The van der Waals surface area contributed by atoms with Crippen LogP contribution in [0.3, 0.4) is 0 Å². The van der Waals surface area contributed by atoms with Crippen molar-refractivity contribution in [3.05, 3.63) is 36.0 Å². The van der Waals surface area contributed by atoms with Crippen LogP contribution in [0.1, 0.15) is 43.0 Å². The Bertz CT molecular complexity index is 694. The molecule has 1 atom stereocenters. The Kier molecular flexibility index (Phi) is 2.84. The summed E-state index contributed by atoms with van der Waals surface area (Å²) in [5.41, 5.74) is 2.00. The molecular formula is C18H22N2O. The fourth-order valence-corrected chi connectivity index (χ4v) is 3.49. The summed E-state index contributed by atoms with van der Waals surface area (Å²) in [7, 11) is 2.02. The van der Waals surface area contributed by atoms with Gasteiger partial charge in [0.15, 0.2) is 0 Å². The first kappa shape index (κ1) is 12.9. The van der Waals surface area contributed by atoms with Crippen LogP contribution in [0, 0.1) is 5.92 Å². The molecule has 21 heavy (non-hydrogen) atoms. The number of fused-ring (bicyclic) bond motifs is 1. The van der Waals surface area contributed by atoms with Crippen molar-refractivity contribution in [3.8, 4) is 0 Å². The van der Waals surface area contributed by atoms with Gasteiger partial charge in [0.2, 0.25) is 0 Å². The molecular weight excluding hydrogens is 260 g/mol. The monoisotopic (exact) mass is 282 g/mol. The predicted octanol–water partition coefficient (Wildman–Crippen LogP) is 3.58. The highest BCUT2D eigenvalue weighted by Gasteiger charge is 2.42. The van der Waals surface area contributed by atoms with Gasteiger partial charge in [0.25, 0.3) is 5.91 Å². The van der Waals surface area contributed by atoms with E-state index < -0.39 is 0 Å². The highest BCUT2D eigenvalue weighted by Crippen LogP contribution is 2.40. The van der Waals surface area contributed by atoms with E-state index in [1.54, 1.807) is 0 Å². The number of aryl methyl sites for hydroxylation is 1. The molecule has 0 bridgehead atoms. The molecule has 0 aliphatic heterocycles. The summed E-state index contributed by atoms with van der Waals surface area (Å²) in [5, 5.41) is 1.08. The molecule has 1 amide bonds. The second-order valence-electron chi connectivity index (χ2n) is 6.69. The highest BCUT2D eigenvalue weighted by atomic mass is 16.2. The maximum Gasteiger partial charge on any atom is 0.256 e. The Morgan fingerprint density at radius 1 is 1.24 bits per heavy atom. The molecule has 0 spiro atoms. The minimum Gasteiger partial charge on any atom is -0.350 e. The maximum atomic E-state index is 13.1. The number of carbonyl (C=O) groups is 1. The molecule has 1 aromatic heterocycles. The number of benzene rings is 1. The molecule has 1 aromatic carbocycles. The van der Waals surface area contributed by atoms with Crippen LogP contribution in [-0.4, -0.2) is 27.5 Å². The maximum absolute atomic E-state index is 13.1. The molecule has 2 aromatic rings. The fraction of sp³-hybridized carbons (Fsp3) is 0.500. The van der Waals surface area contributed by atoms with Gasteiger partial charge in [0.1, 0.15) is 0 Å². The van der Waals surface area contributed by atoms with Crippen molar-refractivity contribution in [2.45, 2.75) is 44.7 Å². The van der Waals surface area contributed by atoms with E-state index in [4.69, 9.17) is 0 Å². The summed E-state index contributed by atoms with van der Waals surface area (Å²) >= 11 is 0. The lowest BCUT2D eigenvalue weighted by atomic mass is 10.1. The zero-order valence-corrected chi connectivity index (χ0v) is 12.7. The third-order valence-corrected chi connectivity index (χ3v) is 5.05. The Morgan fingerprint density at radius 2 is 1.95 bits per heavy atom. The number of carbonyl (C=O) groups excluding carboxylic acids is 1. The van der Waals surface area contributed by atoms with Crippen LogP contribution in [0.2, 0.25) is 0 Å². The van der Waals surface area contributed by atoms with Crippen molar-refractivity contribution in [2.75, 3.05) is 0 Å². The standard InChI is InChI=1S/C18H22N2O/c1-12(13-7-8-13)20(14-9-10-14)18(21)16-11-19(2)17-6-4-3-5-15(16)17/h3-6,11-14H,7-10H2,1-2H3/t12-/m1/s1. The van der Waals surface area contributed by atoms with Gasteiger partial charge in [-0.2, -0.15) is 0 Å². The van der Waals surface area contributed by atoms with Gasteiger partial charge in [-0.3, -0.25) is 4.79 Å². The van der Waals surface area contributed by atoms with Crippen LogP contribution in [-0.2, 0) is 7.05 Å². The number of hydrogen-bond acceptors (Lipinski definition) is 1. The topological polar surface area (TPSA) is 25.2 Å².